The fourth-order valence-corrected chi connectivity index (χ4v) is 2.01. The van der Waals surface area contributed by atoms with Gasteiger partial charge in [-0.15, -0.1) is 0 Å². The zero-order valence-corrected chi connectivity index (χ0v) is 13.5. The largest absolute Gasteiger partial charge is 0.382 e. The van der Waals surface area contributed by atoms with Crippen LogP contribution in [0.1, 0.15) is 33.5 Å². The topological polar surface area (TPSA) is 44.8 Å². The van der Waals surface area contributed by atoms with Crippen LogP contribution in [0.25, 0.3) is 0 Å². The molecule has 1 aromatic carbocycles. The summed E-state index contributed by atoms with van der Waals surface area (Å²) in [5.74, 6) is 0.0379. The fourth-order valence-electron chi connectivity index (χ4n) is 2.01. The molecule has 0 aliphatic heterocycles. The van der Waals surface area contributed by atoms with Crippen molar-refractivity contribution in [1.82, 2.24) is 0 Å². The number of benzene rings is 1. The van der Waals surface area contributed by atoms with Gasteiger partial charge in [-0.25, -0.2) is 0 Å². The molecule has 4 heteroatoms. The third-order valence-corrected chi connectivity index (χ3v) is 3.38. The molecule has 0 aliphatic rings. The summed E-state index contributed by atoms with van der Waals surface area (Å²) in [4.78, 5) is 12.1. The first-order valence-electron chi connectivity index (χ1n) is 7.31. The number of carbonyl (C=O) groups is 1. The number of methoxy groups -OCH3 is 1. The molecule has 0 bridgehead atoms. The highest BCUT2D eigenvalue weighted by Gasteiger charge is 2.10. The summed E-state index contributed by atoms with van der Waals surface area (Å²) in [6.07, 6.45) is 0.781. The normalized spacial score (nSPS) is 10.9. The van der Waals surface area contributed by atoms with E-state index in [-0.39, 0.29) is 12.4 Å². The molecular formula is C17H26O4. The van der Waals surface area contributed by atoms with Crippen LogP contribution in [0.4, 0.5) is 0 Å². The van der Waals surface area contributed by atoms with E-state index in [0.29, 0.717) is 26.4 Å². The summed E-state index contributed by atoms with van der Waals surface area (Å²) in [5, 5.41) is 0. The summed E-state index contributed by atoms with van der Waals surface area (Å²) in [6.45, 7) is 8.51. The monoisotopic (exact) mass is 294 g/mol. The fraction of sp³-hybridized carbons (Fsp3) is 0.588. The van der Waals surface area contributed by atoms with E-state index in [4.69, 9.17) is 14.2 Å². The van der Waals surface area contributed by atoms with Crippen LogP contribution in [0.15, 0.2) is 12.1 Å². The molecule has 1 aromatic rings. The predicted octanol–water partition coefficient (Wildman–Crippen LogP) is 2.86. The number of hydrogen-bond donors (Lipinski definition) is 0. The number of hydrogen-bond acceptors (Lipinski definition) is 4. The van der Waals surface area contributed by atoms with Gasteiger partial charge in [0.1, 0.15) is 6.61 Å². The highest BCUT2D eigenvalue weighted by Crippen LogP contribution is 2.16. The molecule has 0 saturated heterocycles. The van der Waals surface area contributed by atoms with Crippen molar-refractivity contribution in [3.8, 4) is 0 Å². The number of carbonyl (C=O) groups excluding carboxylic acids is 1. The number of rotatable bonds is 10. The van der Waals surface area contributed by atoms with Crippen LogP contribution in [0.2, 0.25) is 0 Å². The van der Waals surface area contributed by atoms with Crippen molar-refractivity contribution >= 4 is 5.78 Å². The Hall–Kier alpha value is -1.23. The Kier molecular flexibility index (Phi) is 8.20. The zero-order chi connectivity index (χ0) is 15.7. The van der Waals surface area contributed by atoms with Gasteiger partial charge in [-0.2, -0.15) is 0 Å². The molecule has 0 aliphatic carbocycles. The maximum Gasteiger partial charge on any atom is 0.188 e. The van der Waals surface area contributed by atoms with Crippen LogP contribution in [0.5, 0.6) is 0 Å². The average molecular weight is 294 g/mol. The molecule has 0 heterocycles. The van der Waals surface area contributed by atoms with Crippen molar-refractivity contribution in [2.24, 2.45) is 0 Å². The van der Waals surface area contributed by atoms with E-state index in [1.165, 1.54) is 5.56 Å². The van der Waals surface area contributed by atoms with E-state index in [9.17, 15) is 4.79 Å². The molecule has 4 nitrogen and oxygen atoms in total. The first kappa shape index (κ1) is 17.8. The second-order valence-corrected chi connectivity index (χ2v) is 5.19. The maximum absolute atomic E-state index is 12.1. The van der Waals surface area contributed by atoms with Crippen LogP contribution in [-0.2, 0) is 14.2 Å². The van der Waals surface area contributed by atoms with Crippen LogP contribution >= 0.6 is 0 Å². The van der Waals surface area contributed by atoms with E-state index < -0.39 is 0 Å². The van der Waals surface area contributed by atoms with E-state index >= 15 is 0 Å². The summed E-state index contributed by atoms with van der Waals surface area (Å²) in [5.41, 5.74) is 4.11. The molecule has 21 heavy (non-hydrogen) atoms. The van der Waals surface area contributed by atoms with E-state index in [0.717, 1.165) is 23.1 Å². The smallest absolute Gasteiger partial charge is 0.188 e. The lowest BCUT2D eigenvalue weighted by molar-refractivity contribution is 0.0488. The Bertz CT molecular complexity index is 454. The minimum absolute atomic E-state index is 0.0379. The minimum Gasteiger partial charge on any atom is -0.382 e. The van der Waals surface area contributed by atoms with Gasteiger partial charge in [0.25, 0.3) is 0 Å². The first-order valence-corrected chi connectivity index (χ1v) is 7.31. The molecule has 0 radical (unpaired) electrons. The van der Waals surface area contributed by atoms with Crippen molar-refractivity contribution in [1.29, 1.82) is 0 Å². The molecule has 0 spiro atoms. The Morgan fingerprint density at radius 1 is 0.905 bits per heavy atom. The molecule has 0 N–H and O–H groups in total. The van der Waals surface area contributed by atoms with E-state index in [1.807, 2.05) is 26.0 Å². The molecule has 0 unspecified atom stereocenters. The number of Topliss-reactive ketones (excluding diaryl/α,β-unsaturated/α-hetero) is 1. The van der Waals surface area contributed by atoms with Crippen molar-refractivity contribution in [2.45, 2.75) is 27.2 Å². The third kappa shape index (κ3) is 6.38. The Labute approximate surface area is 127 Å². The van der Waals surface area contributed by atoms with Gasteiger partial charge in [-0.1, -0.05) is 6.07 Å². The minimum atomic E-state index is 0.0379. The molecule has 0 amide bonds. The van der Waals surface area contributed by atoms with E-state index in [1.54, 1.807) is 7.11 Å². The number of ether oxygens (including phenoxy) is 3. The molecular weight excluding hydrogens is 268 g/mol. The summed E-state index contributed by atoms with van der Waals surface area (Å²) >= 11 is 0. The van der Waals surface area contributed by atoms with Gasteiger partial charge in [0, 0.05) is 25.9 Å². The molecule has 118 valence electrons. The lowest BCUT2D eigenvalue weighted by Gasteiger charge is -2.09. The zero-order valence-electron chi connectivity index (χ0n) is 13.5. The first-order chi connectivity index (χ1) is 10.1. The van der Waals surface area contributed by atoms with Crippen LogP contribution in [-0.4, -0.2) is 45.9 Å². The SMILES string of the molecule is COCCOCCCOCC(=O)c1cc(C)c(C)cc1C. The maximum atomic E-state index is 12.1. The molecule has 0 aromatic heterocycles. The Balaban J connectivity index is 2.27. The average Bonchev–Trinajstić information content (AvgIpc) is 2.45. The Morgan fingerprint density at radius 3 is 2.29 bits per heavy atom. The number of aryl methyl sites for hydroxylation is 3. The summed E-state index contributed by atoms with van der Waals surface area (Å²) in [7, 11) is 1.65. The molecule has 0 saturated carbocycles. The second-order valence-electron chi connectivity index (χ2n) is 5.19. The van der Waals surface area contributed by atoms with E-state index in [2.05, 4.69) is 6.92 Å². The highest BCUT2D eigenvalue weighted by atomic mass is 16.5. The van der Waals surface area contributed by atoms with Crippen molar-refractivity contribution in [3.63, 3.8) is 0 Å². The van der Waals surface area contributed by atoms with Gasteiger partial charge in [-0.05, 0) is 49.9 Å². The third-order valence-electron chi connectivity index (χ3n) is 3.38. The van der Waals surface area contributed by atoms with Gasteiger partial charge in [0.2, 0.25) is 0 Å². The lowest BCUT2D eigenvalue weighted by atomic mass is 9.98. The van der Waals surface area contributed by atoms with Gasteiger partial charge < -0.3 is 14.2 Å². The molecule has 0 fully saturated rings. The van der Waals surface area contributed by atoms with Crippen LogP contribution in [0, 0.1) is 20.8 Å². The Morgan fingerprint density at radius 2 is 1.57 bits per heavy atom. The summed E-state index contributed by atoms with van der Waals surface area (Å²) < 4.78 is 15.6. The second kappa shape index (κ2) is 9.66. The van der Waals surface area contributed by atoms with Crippen molar-refractivity contribution in [2.75, 3.05) is 40.1 Å². The highest BCUT2D eigenvalue weighted by molar-refractivity contribution is 5.98. The van der Waals surface area contributed by atoms with Gasteiger partial charge in [0.05, 0.1) is 13.2 Å². The van der Waals surface area contributed by atoms with Crippen LogP contribution < -0.4 is 0 Å². The standard InChI is InChI=1S/C17H26O4/c1-13-10-15(3)16(11-14(13)2)17(18)12-21-7-5-6-20-9-8-19-4/h10-11H,5-9,12H2,1-4H3. The van der Waals surface area contributed by atoms with Gasteiger partial charge >= 0.3 is 0 Å². The quantitative estimate of drug-likeness (QED) is 0.492. The lowest BCUT2D eigenvalue weighted by Crippen LogP contribution is -2.13. The van der Waals surface area contributed by atoms with Crippen molar-refractivity contribution < 1.29 is 19.0 Å². The predicted molar refractivity (Wildman–Crippen MR) is 83.1 cm³/mol. The van der Waals surface area contributed by atoms with Gasteiger partial charge in [0.15, 0.2) is 5.78 Å². The molecule has 0 atom stereocenters. The summed E-state index contributed by atoms with van der Waals surface area (Å²) in [6, 6.07) is 4.00. The van der Waals surface area contributed by atoms with Gasteiger partial charge in [-0.3, -0.25) is 4.79 Å². The molecule has 1 rings (SSSR count). The van der Waals surface area contributed by atoms with Crippen molar-refractivity contribution in [3.05, 3.63) is 34.4 Å². The van der Waals surface area contributed by atoms with Crippen LogP contribution in [0.3, 0.4) is 0 Å². The number of ketones is 1.